The van der Waals surface area contributed by atoms with Gasteiger partial charge in [-0.15, -0.1) is 11.8 Å². The molecule has 1 aliphatic rings. The second-order valence-electron chi connectivity index (χ2n) is 4.06. The molecule has 0 saturated heterocycles. The van der Waals surface area contributed by atoms with Crippen LogP contribution in [0.25, 0.3) is 0 Å². The predicted molar refractivity (Wildman–Crippen MR) is 76.3 cm³/mol. The summed E-state index contributed by atoms with van der Waals surface area (Å²) in [5.41, 5.74) is 6.96. The van der Waals surface area contributed by atoms with Gasteiger partial charge in [-0.05, 0) is 53.6 Å². The summed E-state index contributed by atoms with van der Waals surface area (Å²) >= 11 is 4.28. The second-order valence-corrected chi connectivity index (χ2v) is 6.65. The normalized spacial score (nSPS) is 17.9. The molecule has 2 N–H and O–H groups in total. The smallest absolute Gasteiger partial charge is 0.0462 e. The van der Waals surface area contributed by atoms with Crippen molar-refractivity contribution in [3.63, 3.8) is 0 Å². The maximum Gasteiger partial charge on any atom is 0.0462 e. The fourth-order valence-electron chi connectivity index (χ4n) is 1.99. The fourth-order valence-corrected chi connectivity index (χ4v) is 3.77. The molecule has 0 unspecified atom stereocenters. The maximum atomic E-state index is 6.01. The first kappa shape index (κ1) is 11.6. The average molecular weight is 333 g/mol. The van der Waals surface area contributed by atoms with Crippen LogP contribution in [0, 0.1) is 3.57 Å². The van der Waals surface area contributed by atoms with Crippen molar-refractivity contribution in [2.75, 3.05) is 5.73 Å². The average Bonchev–Trinajstić information content (AvgIpc) is 2.24. The van der Waals surface area contributed by atoms with E-state index in [-0.39, 0.29) is 0 Å². The molecule has 2 rings (SSSR count). The summed E-state index contributed by atoms with van der Waals surface area (Å²) in [5, 5.41) is 0.793. The number of thioether (sulfide) groups is 1. The van der Waals surface area contributed by atoms with Crippen LogP contribution in [0.15, 0.2) is 23.1 Å². The Labute approximate surface area is 109 Å². The Morgan fingerprint density at radius 1 is 1.20 bits per heavy atom. The lowest BCUT2D eigenvalue weighted by molar-refractivity contribution is 0.516. The number of rotatable bonds is 2. The van der Waals surface area contributed by atoms with E-state index in [2.05, 4.69) is 40.8 Å². The molecule has 1 aromatic rings. The highest BCUT2D eigenvalue weighted by molar-refractivity contribution is 14.1. The van der Waals surface area contributed by atoms with Crippen molar-refractivity contribution in [2.45, 2.75) is 42.2 Å². The van der Waals surface area contributed by atoms with E-state index < -0.39 is 0 Å². The molecule has 3 heteroatoms. The molecule has 1 nitrogen and oxygen atoms in total. The molecule has 0 aliphatic heterocycles. The van der Waals surface area contributed by atoms with E-state index >= 15 is 0 Å². The summed E-state index contributed by atoms with van der Waals surface area (Å²) in [7, 11) is 0. The summed E-state index contributed by atoms with van der Waals surface area (Å²) in [6.07, 6.45) is 6.91. The quantitative estimate of drug-likeness (QED) is 0.645. The largest absolute Gasteiger partial charge is 0.398 e. The standard InChI is InChI=1S/C12H16INS/c13-9-6-7-12(11(14)8-9)15-10-4-2-1-3-5-10/h6-8,10H,1-5,14H2. The first-order chi connectivity index (χ1) is 7.25. The first-order valence-electron chi connectivity index (χ1n) is 5.47. The van der Waals surface area contributed by atoms with Gasteiger partial charge in [0.15, 0.2) is 0 Å². The van der Waals surface area contributed by atoms with E-state index in [1.807, 2.05) is 11.8 Å². The van der Waals surface area contributed by atoms with Crippen LogP contribution in [0.1, 0.15) is 32.1 Å². The molecule has 1 saturated carbocycles. The predicted octanol–water partition coefficient (Wildman–Crippen LogP) is 4.30. The molecule has 1 aromatic carbocycles. The zero-order valence-corrected chi connectivity index (χ0v) is 11.7. The van der Waals surface area contributed by atoms with E-state index in [9.17, 15) is 0 Å². The van der Waals surface area contributed by atoms with Gasteiger partial charge in [-0.3, -0.25) is 0 Å². The van der Waals surface area contributed by atoms with E-state index in [0.29, 0.717) is 0 Å². The molecule has 0 atom stereocenters. The molecule has 0 radical (unpaired) electrons. The highest BCUT2D eigenvalue weighted by atomic mass is 127. The van der Waals surface area contributed by atoms with E-state index in [1.165, 1.54) is 40.6 Å². The van der Waals surface area contributed by atoms with Gasteiger partial charge >= 0.3 is 0 Å². The molecular weight excluding hydrogens is 317 g/mol. The second kappa shape index (κ2) is 5.43. The monoisotopic (exact) mass is 333 g/mol. The third-order valence-corrected chi connectivity index (χ3v) is 4.92. The molecule has 0 spiro atoms. The summed E-state index contributed by atoms with van der Waals surface area (Å²) in [5.74, 6) is 0. The summed E-state index contributed by atoms with van der Waals surface area (Å²) in [4.78, 5) is 1.27. The summed E-state index contributed by atoms with van der Waals surface area (Å²) in [6, 6.07) is 6.37. The Morgan fingerprint density at radius 2 is 1.93 bits per heavy atom. The molecule has 82 valence electrons. The lowest BCUT2D eigenvalue weighted by Gasteiger charge is -2.21. The van der Waals surface area contributed by atoms with Gasteiger partial charge in [-0.1, -0.05) is 19.3 Å². The fraction of sp³-hybridized carbons (Fsp3) is 0.500. The van der Waals surface area contributed by atoms with Crippen molar-refractivity contribution in [3.05, 3.63) is 21.8 Å². The number of benzene rings is 1. The highest BCUT2D eigenvalue weighted by Crippen LogP contribution is 2.36. The SMILES string of the molecule is Nc1cc(I)ccc1SC1CCCCC1. The van der Waals surface area contributed by atoms with Crippen LogP contribution < -0.4 is 5.73 Å². The highest BCUT2D eigenvalue weighted by Gasteiger charge is 2.15. The number of anilines is 1. The van der Waals surface area contributed by atoms with Crippen LogP contribution in [0.2, 0.25) is 0 Å². The molecule has 1 aliphatic carbocycles. The molecule has 1 fully saturated rings. The van der Waals surface area contributed by atoms with Gasteiger partial charge in [0.2, 0.25) is 0 Å². The minimum atomic E-state index is 0.793. The van der Waals surface area contributed by atoms with Crippen molar-refractivity contribution in [1.29, 1.82) is 0 Å². The van der Waals surface area contributed by atoms with Gasteiger partial charge < -0.3 is 5.73 Å². The first-order valence-corrected chi connectivity index (χ1v) is 7.43. The Morgan fingerprint density at radius 3 is 2.60 bits per heavy atom. The van der Waals surface area contributed by atoms with Crippen LogP contribution >= 0.6 is 34.4 Å². The van der Waals surface area contributed by atoms with Crippen LogP contribution in [0.5, 0.6) is 0 Å². The molecule has 0 heterocycles. The zero-order valence-electron chi connectivity index (χ0n) is 8.71. The van der Waals surface area contributed by atoms with Crippen molar-refractivity contribution < 1.29 is 0 Å². The van der Waals surface area contributed by atoms with Gasteiger partial charge in [-0.25, -0.2) is 0 Å². The van der Waals surface area contributed by atoms with Crippen molar-refractivity contribution >= 4 is 40.0 Å². The zero-order chi connectivity index (χ0) is 10.7. The van der Waals surface area contributed by atoms with Crippen LogP contribution in [-0.2, 0) is 0 Å². The van der Waals surface area contributed by atoms with Crippen molar-refractivity contribution in [2.24, 2.45) is 0 Å². The van der Waals surface area contributed by atoms with Gasteiger partial charge in [0.05, 0.1) is 0 Å². The molecule has 0 bridgehead atoms. The Balaban J connectivity index is 2.03. The number of hydrogen-bond donors (Lipinski definition) is 1. The maximum absolute atomic E-state index is 6.01. The number of hydrogen-bond acceptors (Lipinski definition) is 2. The van der Waals surface area contributed by atoms with Gasteiger partial charge in [0.25, 0.3) is 0 Å². The van der Waals surface area contributed by atoms with Crippen LogP contribution in [0.4, 0.5) is 5.69 Å². The minimum absolute atomic E-state index is 0.793. The Hall–Kier alpha value is 0.1000. The molecule has 0 aromatic heterocycles. The minimum Gasteiger partial charge on any atom is -0.398 e. The number of nitrogens with two attached hydrogens (primary N) is 1. The van der Waals surface area contributed by atoms with Crippen molar-refractivity contribution in [1.82, 2.24) is 0 Å². The lowest BCUT2D eigenvalue weighted by Crippen LogP contribution is -2.08. The summed E-state index contributed by atoms with van der Waals surface area (Å²) in [6.45, 7) is 0. The Bertz CT molecular complexity index is 334. The van der Waals surface area contributed by atoms with Gasteiger partial charge in [-0.2, -0.15) is 0 Å². The van der Waals surface area contributed by atoms with Gasteiger partial charge in [0, 0.05) is 19.4 Å². The lowest BCUT2D eigenvalue weighted by atomic mass is 10.0. The van der Waals surface area contributed by atoms with E-state index in [1.54, 1.807) is 0 Å². The number of nitrogen functional groups attached to an aromatic ring is 1. The van der Waals surface area contributed by atoms with Crippen molar-refractivity contribution in [3.8, 4) is 0 Å². The van der Waals surface area contributed by atoms with Gasteiger partial charge in [0.1, 0.15) is 0 Å². The molecule has 15 heavy (non-hydrogen) atoms. The topological polar surface area (TPSA) is 26.0 Å². The third kappa shape index (κ3) is 3.28. The number of halogens is 1. The summed E-state index contributed by atoms with van der Waals surface area (Å²) < 4.78 is 1.22. The molecular formula is C12H16INS. The Kier molecular flexibility index (Phi) is 4.20. The van der Waals surface area contributed by atoms with E-state index in [4.69, 9.17) is 5.73 Å². The van der Waals surface area contributed by atoms with Crippen LogP contribution in [0.3, 0.4) is 0 Å². The third-order valence-electron chi connectivity index (χ3n) is 2.82. The van der Waals surface area contributed by atoms with E-state index in [0.717, 1.165) is 10.9 Å². The van der Waals surface area contributed by atoms with Crippen LogP contribution in [-0.4, -0.2) is 5.25 Å². The molecule has 0 amide bonds.